The zero-order chi connectivity index (χ0) is 44.6. The van der Waals surface area contributed by atoms with E-state index in [4.69, 9.17) is 34.4 Å². The van der Waals surface area contributed by atoms with Crippen molar-refractivity contribution in [1.29, 1.82) is 0 Å². The molecular weight excluding hydrogens is 770 g/mol. The second-order valence-electron chi connectivity index (χ2n) is 14.1. The molecule has 0 spiro atoms. The van der Waals surface area contributed by atoms with Crippen LogP contribution in [0.15, 0.2) is 4.99 Å². The topological polar surface area (TPSA) is 401 Å². The molecule has 0 aliphatic heterocycles. The Balaban J connectivity index is 5.35. The number of nitrogens with zero attached hydrogens (tertiary/aromatic N) is 1. The van der Waals surface area contributed by atoms with Gasteiger partial charge in [-0.15, -0.1) is 0 Å². The highest BCUT2D eigenvalue weighted by atomic mass is 16.2. The van der Waals surface area contributed by atoms with Gasteiger partial charge in [-0.2, -0.15) is 0 Å². The first-order chi connectivity index (χ1) is 28.0. The van der Waals surface area contributed by atoms with E-state index in [1.54, 1.807) is 0 Å². The average molecular weight is 842 g/mol. The van der Waals surface area contributed by atoms with E-state index >= 15 is 0 Å². The van der Waals surface area contributed by atoms with E-state index in [1.165, 1.54) is 6.92 Å². The molecule has 20 N–H and O–H groups in total. The third-order valence-electron chi connectivity index (χ3n) is 8.68. The van der Waals surface area contributed by atoms with Crippen molar-refractivity contribution in [3.05, 3.63) is 0 Å². The molecule has 0 heterocycles. The number of rotatable bonds is 34. The molecule has 0 aliphatic rings. The van der Waals surface area contributed by atoms with Gasteiger partial charge in [0.25, 0.3) is 0 Å². The zero-order valence-electron chi connectivity index (χ0n) is 34.7. The maximum absolute atomic E-state index is 13.2. The van der Waals surface area contributed by atoms with E-state index in [0.717, 1.165) is 12.8 Å². The quantitative estimate of drug-likeness (QED) is 0.0125. The molecule has 0 aliphatic carbocycles. The highest BCUT2D eigenvalue weighted by molar-refractivity contribution is 5.93. The van der Waals surface area contributed by atoms with Crippen molar-refractivity contribution in [2.45, 2.75) is 134 Å². The van der Waals surface area contributed by atoms with Gasteiger partial charge in [-0.1, -0.05) is 26.2 Å². The summed E-state index contributed by atoms with van der Waals surface area (Å²) in [6.07, 6.45) is 5.35. The molecule has 0 saturated heterocycles. The van der Waals surface area contributed by atoms with Crippen molar-refractivity contribution in [2.24, 2.45) is 39.4 Å². The van der Waals surface area contributed by atoms with Crippen LogP contribution >= 0.6 is 0 Å². The fraction of sp³-hybridized carbons (Fsp3) is 0.750. The molecule has 23 nitrogen and oxygen atoms in total. The van der Waals surface area contributed by atoms with Gasteiger partial charge in [0, 0.05) is 38.4 Å². The Morgan fingerprint density at radius 3 is 1.83 bits per heavy atom. The van der Waals surface area contributed by atoms with Crippen molar-refractivity contribution in [3.63, 3.8) is 0 Å². The van der Waals surface area contributed by atoms with Gasteiger partial charge in [-0.3, -0.25) is 48.7 Å². The number of hydrogen-bond donors (Lipinski definition) is 14. The van der Waals surface area contributed by atoms with E-state index in [9.17, 15) is 38.4 Å². The van der Waals surface area contributed by atoms with Crippen molar-refractivity contribution >= 4 is 53.2 Å². The van der Waals surface area contributed by atoms with Gasteiger partial charge in [0.15, 0.2) is 5.96 Å². The average Bonchev–Trinajstić information content (AvgIpc) is 3.16. The second kappa shape index (κ2) is 32.8. The summed E-state index contributed by atoms with van der Waals surface area (Å²) in [5, 5.41) is 20.9. The van der Waals surface area contributed by atoms with Crippen LogP contribution in [0.4, 0.5) is 0 Å². The molecule has 59 heavy (non-hydrogen) atoms. The van der Waals surface area contributed by atoms with Gasteiger partial charge in [0.1, 0.15) is 24.4 Å². The number of unbranched alkanes of at least 4 members (excludes halogenated alkanes) is 4. The van der Waals surface area contributed by atoms with Crippen LogP contribution in [0.2, 0.25) is 0 Å². The molecule has 0 aromatic rings. The van der Waals surface area contributed by atoms with E-state index in [0.29, 0.717) is 58.0 Å². The first-order valence-electron chi connectivity index (χ1n) is 20.3. The number of carbonyl (C=O) groups excluding carboxylic acids is 8. The SMILES string of the molecule is CCCCCC(=O)NC(C)C(=O)NCC(=O)NC(CCCN=C(N)N)C(=O)NCC(=O)NC(CCCCNC(N)N)CC(=O)NCCC(=O)NC(CCCCN)C(N)=O. The van der Waals surface area contributed by atoms with Crippen LogP contribution in [0.5, 0.6) is 0 Å². The van der Waals surface area contributed by atoms with Crippen LogP contribution in [0.1, 0.15) is 104 Å². The molecule has 0 saturated carbocycles. The molecule has 0 fully saturated rings. The lowest BCUT2D eigenvalue weighted by Gasteiger charge is -2.21. The van der Waals surface area contributed by atoms with Gasteiger partial charge in [-0.25, -0.2) is 0 Å². The van der Waals surface area contributed by atoms with Crippen LogP contribution in [0.3, 0.4) is 0 Å². The van der Waals surface area contributed by atoms with E-state index in [1.807, 2.05) is 6.92 Å². The fourth-order valence-electron chi connectivity index (χ4n) is 5.49. The Labute approximate surface area is 346 Å². The molecule has 338 valence electrons. The number of aliphatic imine (C=N–C) groups is 1. The molecule has 0 radical (unpaired) electrons. The third-order valence-corrected chi connectivity index (χ3v) is 8.68. The standard InChI is InChI=1S/C36H71N15O8/c1-3-4-5-14-27(52)48-23(2)33(58)46-22-31(56)51-26(13-10-18-45-36(41)42)34(59)47-21-30(55)49-24(11-7-9-17-44-35(39)40)20-29(54)43-19-15-28(53)50-25(32(38)57)12-6-8-16-37/h23-26,35,44H,3-22,37,39-40H2,1-2H3,(H2,38,57)(H,43,54)(H,46,58)(H,47,59)(H,48,52)(H,49,55)(H,50,53)(H,51,56)(H4,41,42,45). The second-order valence-corrected chi connectivity index (χ2v) is 14.1. The summed E-state index contributed by atoms with van der Waals surface area (Å²) in [4.78, 5) is 104. The molecule has 0 rings (SSSR count). The van der Waals surface area contributed by atoms with Crippen molar-refractivity contribution in [2.75, 3.05) is 39.3 Å². The van der Waals surface area contributed by atoms with Gasteiger partial charge in [-0.05, 0) is 71.4 Å². The zero-order valence-corrected chi connectivity index (χ0v) is 34.7. The number of nitrogens with one attached hydrogen (secondary N) is 8. The lowest BCUT2D eigenvalue weighted by Crippen LogP contribution is -2.53. The Morgan fingerprint density at radius 2 is 1.20 bits per heavy atom. The van der Waals surface area contributed by atoms with Gasteiger partial charge in [0.05, 0.1) is 13.1 Å². The maximum atomic E-state index is 13.2. The first-order valence-corrected chi connectivity index (χ1v) is 20.3. The maximum Gasteiger partial charge on any atom is 0.243 e. The van der Waals surface area contributed by atoms with E-state index in [-0.39, 0.29) is 57.1 Å². The number of hydrogen-bond acceptors (Lipinski definition) is 13. The summed E-state index contributed by atoms with van der Waals surface area (Å²) in [6, 6.07) is -3.55. The van der Waals surface area contributed by atoms with Crippen LogP contribution in [0, 0.1) is 0 Å². The minimum Gasteiger partial charge on any atom is -0.370 e. The summed E-state index contributed by atoms with van der Waals surface area (Å²) in [6.45, 7) is 3.55. The Hall–Kier alpha value is -5.13. The van der Waals surface area contributed by atoms with Crippen molar-refractivity contribution in [1.82, 2.24) is 42.5 Å². The van der Waals surface area contributed by atoms with Crippen LogP contribution in [-0.2, 0) is 38.4 Å². The number of guanidine groups is 1. The molecule has 8 amide bonds. The van der Waals surface area contributed by atoms with Crippen molar-refractivity contribution < 1.29 is 38.4 Å². The fourth-order valence-corrected chi connectivity index (χ4v) is 5.49. The predicted molar refractivity (Wildman–Crippen MR) is 222 cm³/mol. The monoisotopic (exact) mass is 842 g/mol. The lowest BCUT2D eigenvalue weighted by atomic mass is 10.1. The predicted octanol–water partition coefficient (Wildman–Crippen LogP) is -4.72. The summed E-state index contributed by atoms with van der Waals surface area (Å²) < 4.78 is 0. The van der Waals surface area contributed by atoms with Crippen LogP contribution in [0.25, 0.3) is 0 Å². The Kier molecular flexibility index (Phi) is 29.9. The van der Waals surface area contributed by atoms with E-state index in [2.05, 4.69) is 47.5 Å². The largest absolute Gasteiger partial charge is 0.370 e. The smallest absolute Gasteiger partial charge is 0.243 e. The normalized spacial score (nSPS) is 12.8. The number of primary amides is 1. The molecule has 0 aromatic carbocycles. The number of carbonyl (C=O) groups is 8. The molecule has 0 bridgehead atoms. The van der Waals surface area contributed by atoms with Crippen LogP contribution in [-0.4, -0.2) is 123 Å². The highest BCUT2D eigenvalue weighted by Gasteiger charge is 2.24. The summed E-state index contributed by atoms with van der Waals surface area (Å²) in [7, 11) is 0. The van der Waals surface area contributed by atoms with Crippen LogP contribution < -0.4 is 76.9 Å². The molecule has 4 unspecified atom stereocenters. The Morgan fingerprint density at radius 1 is 0.593 bits per heavy atom. The number of amides is 8. The highest BCUT2D eigenvalue weighted by Crippen LogP contribution is 2.06. The summed E-state index contributed by atoms with van der Waals surface area (Å²) in [5.41, 5.74) is 32.7. The molecule has 4 atom stereocenters. The van der Waals surface area contributed by atoms with Gasteiger partial charge < -0.3 is 71.6 Å². The third kappa shape index (κ3) is 29.7. The minimum absolute atomic E-state index is 0.0390. The van der Waals surface area contributed by atoms with Crippen molar-refractivity contribution in [3.8, 4) is 0 Å². The molecular formula is C36H71N15O8. The summed E-state index contributed by atoms with van der Waals surface area (Å²) in [5.74, 6) is -4.65. The minimum atomic E-state index is -1.14. The molecule has 23 heteroatoms. The van der Waals surface area contributed by atoms with Gasteiger partial charge >= 0.3 is 0 Å². The van der Waals surface area contributed by atoms with E-state index < -0.39 is 84.9 Å². The number of nitrogens with two attached hydrogens (primary N) is 6. The lowest BCUT2D eigenvalue weighted by molar-refractivity contribution is -0.132. The van der Waals surface area contributed by atoms with Gasteiger partial charge in [0.2, 0.25) is 47.3 Å². The Bertz CT molecular complexity index is 1350. The summed E-state index contributed by atoms with van der Waals surface area (Å²) >= 11 is 0. The first kappa shape index (κ1) is 53.9. The molecule has 0 aromatic heterocycles.